The van der Waals surface area contributed by atoms with Gasteiger partial charge in [-0.05, 0) is 62.0 Å². The Morgan fingerprint density at radius 3 is 2.69 bits per heavy atom. The lowest BCUT2D eigenvalue weighted by Crippen LogP contribution is -2.19. The Bertz CT molecular complexity index is 792. The zero-order chi connectivity index (χ0) is 20.5. The molecule has 1 aliphatic rings. The number of carbonyl (C=O) groups is 1. The zero-order valence-corrected chi connectivity index (χ0v) is 17.2. The highest BCUT2D eigenvalue weighted by atomic mass is 16.5. The summed E-state index contributed by atoms with van der Waals surface area (Å²) >= 11 is 0. The Morgan fingerprint density at radius 2 is 1.86 bits per heavy atom. The Labute approximate surface area is 173 Å². The molecular weight excluding hydrogens is 364 g/mol. The number of rotatable bonds is 12. The van der Waals surface area contributed by atoms with Crippen LogP contribution in [0.1, 0.15) is 55.4 Å². The Morgan fingerprint density at radius 1 is 1.07 bits per heavy atom. The summed E-state index contributed by atoms with van der Waals surface area (Å²) in [4.78, 5) is 11.6. The number of fused-ring (bicyclic) bond motifs is 1. The molecule has 0 spiro atoms. The fourth-order valence-corrected chi connectivity index (χ4v) is 3.73. The van der Waals surface area contributed by atoms with Crippen LogP contribution in [0, 0.1) is 0 Å². The monoisotopic (exact) mass is 396 g/mol. The van der Waals surface area contributed by atoms with Gasteiger partial charge in [0, 0.05) is 6.61 Å². The highest BCUT2D eigenvalue weighted by Gasteiger charge is 2.23. The SMILES string of the molecule is CC(OCCCCCCNCCc1ccc(O)c2c1CC(=O)N2)c1ccccc1. The van der Waals surface area contributed by atoms with Gasteiger partial charge < -0.3 is 20.5 Å². The number of aromatic hydroxyl groups is 1. The number of phenolic OH excluding ortho intramolecular Hbond substituents is 1. The van der Waals surface area contributed by atoms with Gasteiger partial charge in [-0.15, -0.1) is 0 Å². The third-order valence-corrected chi connectivity index (χ3v) is 5.45. The molecule has 5 heteroatoms. The fraction of sp³-hybridized carbons (Fsp3) is 0.458. The molecule has 2 aromatic rings. The van der Waals surface area contributed by atoms with Gasteiger partial charge >= 0.3 is 0 Å². The second-order valence-corrected chi connectivity index (χ2v) is 7.66. The summed E-state index contributed by atoms with van der Waals surface area (Å²) in [6.45, 7) is 4.79. The summed E-state index contributed by atoms with van der Waals surface area (Å²) in [6, 6.07) is 13.9. The van der Waals surface area contributed by atoms with Gasteiger partial charge in [0.05, 0.1) is 18.2 Å². The number of ether oxygens (including phenoxy) is 1. The normalized spacial score (nSPS) is 13.9. The average molecular weight is 397 g/mol. The van der Waals surface area contributed by atoms with E-state index in [-0.39, 0.29) is 17.8 Å². The van der Waals surface area contributed by atoms with Crippen LogP contribution in [-0.2, 0) is 22.4 Å². The molecule has 1 atom stereocenters. The zero-order valence-electron chi connectivity index (χ0n) is 17.2. The minimum Gasteiger partial charge on any atom is -0.506 e. The summed E-state index contributed by atoms with van der Waals surface area (Å²) < 4.78 is 5.91. The number of hydrogen-bond acceptors (Lipinski definition) is 4. The lowest BCUT2D eigenvalue weighted by Gasteiger charge is -2.13. The molecule has 0 bridgehead atoms. The van der Waals surface area contributed by atoms with Crippen LogP contribution in [0.4, 0.5) is 5.69 Å². The number of unbranched alkanes of at least 4 members (excludes halogenated alkanes) is 3. The highest BCUT2D eigenvalue weighted by Crippen LogP contribution is 2.34. The summed E-state index contributed by atoms with van der Waals surface area (Å²) in [7, 11) is 0. The molecule has 1 aliphatic heterocycles. The third kappa shape index (κ3) is 6.31. The number of anilines is 1. The molecule has 0 saturated heterocycles. The highest BCUT2D eigenvalue weighted by molar-refractivity contribution is 6.01. The molecular formula is C24H32N2O3. The smallest absolute Gasteiger partial charge is 0.228 e. The number of phenols is 1. The number of benzene rings is 2. The number of carbonyl (C=O) groups excluding carboxylic acids is 1. The Balaban J connectivity index is 1.22. The Hall–Kier alpha value is -2.37. The minimum absolute atomic E-state index is 0.0437. The van der Waals surface area contributed by atoms with E-state index >= 15 is 0 Å². The van der Waals surface area contributed by atoms with E-state index in [1.807, 2.05) is 24.3 Å². The van der Waals surface area contributed by atoms with Crippen molar-refractivity contribution in [3.63, 3.8) is 0 Å². The first-order chi connectivity index (χ1) is 14.1. The minimum atomic E-state index is -0.0437. The van der Waals surface area contributed by atoms with Gasteiger partial charge in [0.15, 0.2) is 0 Å². The van der Waals surface area contributed by atoms with Crippen molar-refractivity contribution in [2.24, 2.45) is 0 Å². The molecule has 1 amide bonds. The largest absolute Gasteiger partial charge is 0.506 e. The van der Waals surface area contributed by atoms with Gasteiger partial charge in [0.1, 0.15) is 5.75 Å². The van der Waals surface area contributed by atoms with Crippen LogP contribution >= 0.6 is 0 Å². The van der Waals surface area contributed by atoms with Crippen molar-refractivity contribution in [1.82, 2.24) is 5.32 Å². The molecule has 0 radical (unpaired) electrons. The first-order valence-corrected chi connectivity index (χ1v) is 10.7. The van der Waals surface area contributed by atoms with Crippen LogP contribution in [0.2, 0.25) is 0 Å². The van der Waals surface area contributed by atoms with Crippen molar-refractivity contribution >= 4 is 11.6 Å². The van der Waals surface area contributed by atoms with Gasteiger partial charge in [0.25, 0.3) is 0 Å². The molecule has 2 aromatic carbocycles. The Kier molecular flexibility index (Phi) is 8.08. The quantitative estimate of drug-likeness (QED) is 0.368. The summed E-state index contributed by atoms with van der Waals surface area (Å²) in [6.07, 6.45) is 6.02. The van der Waals surface area contributed by atoms with Gasteiger partial charge in [0.2, 0.25) is 5.91 Å². The van der Waals surface area contributed by atoms with Gasteiger partial charge in [-0.3, -0.25) is 4.79 Å². The third-order valence-electron chi connectivity index (χ3n) is 5.45. The molecule has 0 fully saturated rings. The lowest BCUT2D eigenvalue weighted by molar-refractivity contribution is -0.115. The molecule has 0 aliphatic carbocycles. The van der Waals surface area contributed by atoms with Crippen molar-refractivity contribution in [3.8, 4) is 5.75 Å². The second-order valence-electron chi connectivity index (χ2n) is 7.66. The van der Waals surface area contributed by atoms with E-state index in [1.165, 1.54) is 18.4 Å². The number of hydrogen-bond donors (Lipinski definition) is 3. The molecule has 3 N–H and O–H groups in total. The van der Waals surface area contributed by atoms with Crippen molar-refractivity contribution in [3.05, 3.63) is 59.2 Å². The van der Waals surface area contributed by atoms with Crippen molar-refractivity contribution < 1.29 is 14.6 Å². The maximum atomic E-state index is 11.6. The molecule has 1 heterocycles. The molecule has 0 saturated carbocycles. The van der Waals surface area contributed by atoms with Crippen LogP contribution in [-0.4, -0.2) is 30.7 Å². The van der Waals surface area contributed by atoms with Crippen molar-refractivity contribution in [2.45, 2.75) is 51.6 Å². The van der Waals surface area contributed by atoms with Crippen LogP contribution < -0.4 is 10.6 Å². The maximum Gasteiger partial charge on any atom is 0.228 e. The van der Waals surface area contributed by atoms with Gasteiger partial charge in [-0.2, -0.15) is 0 Å². The first-order valence-electron chi connectivity index (χ1n) is 10.7. The van der Waals surface area contributed by atoms with E-state index in [4.69, 9.17) is 4.74 Å². The summed E-state index contributed by atoms with van der Waals surface area (Å²) in [5, 5.41) is 16.1. The van der Waals surface area contributed by atoms with Crippen LogP contribution in [0.5, 0.6) is 5.75 Å². The topological polar surface area (TPSA) is 70.6 Å². The molecule has 156 valence electrons. The molecule has 0 aromatic heterocycles. The van der Waals surface area contributed by atoms with Crippen molar-refractivity contribution in [2.75, 3.05) is 25.0 Å². The number of amides is 1. The van der Waals surface area contributed by atoms with E-state index < -0.39 is 0 Å². The predicted molar refractivity (Wildman–Crippen MR) is 116 cm³/mol. The average Bonchev–Trinajstić information content (AvgIpc) is 3.14. The first kappa shape index (κ1) is 21.3. The van der Waals surface area contributed by atoms with Gasteiger partial charge in [-0.25, -0.2) is 0 Å². The molecule has 29 heavy (non-hydrogen) atoms. The van der Waals surface area contributed by atoms with Crippen LogP contribution in [0.3, 0.4) is 0 Å². The van der Waals surface area contributed by atoms with Gasteiger partial charge in [-0.1, -0.05) is 49.2 Å². The molecule has 5 nitrogen and oxygen atoms in total. The molecule has 3 rings (SSSR count). The number of nitrogens with one attached hydrogen (secondary N) is 2. The van der Waals surface area contributed by atoms with E-state index in [0.717, 1.165) is 50.1 Å². The summed E-state index contributed by atoms with van der Waals surface area (Å²) in [5.74, 6) is 0.113. The summed E-state index contributed by atoms with van der Waals surface area (Å²) in [5.41, 5.74) is 3.90. The standard InChI is InChI=1S/C24H32N2O3/c1-18(19-9-5-4-6-10-19)29-16-8-3-2-7-14-25-15-13-20-11-12-22(27)24-21(20)17-23(28)26-24/h4-6,9-12,18,25,27H,2-3,7-8,13-17H2,1H3,(H,26,28). The van der Waals surface area contributed by atoms with E-state index in [2.05, 4.69) is 29.7 Å². The van der Waals surface area contributed by atoms with E-state index in [9.17, 15) is 9.90 Å². The van der Waals surface area contributed by atoms with E-state index in [0.29, 0.717) is 12.1 Å². The van der Waals surface area contributed by atoms with Crippen molar-refractivity contribution in [1.29, 1.82) is 0 Å². The molecule has 1 unspecified atom stereocenters. The second kappa shape index (κ2) is 11.0. The predicted octanol–water partition coefficient (Wildman–Crippen LogP) is 4.36. The van der Waals surface area contributed by atoms with Crippen LogP contribution in [0.15, 0.2) is 42.5 Å². The fourth-order valence-electron chi connectivity index (χ4n) is 3.73. The van der Waals surface area contributed by atoms with E-state index in [1.54, 1.807) is 6.07 Å². The van der Waals surface area contributed by atoms with Crippen LogP contribution in [0.25, 0.3) is 0 Å². The lowest BCUT2D eigenvalue weighted by atomic mass is 10.0. The maximum absolute atomic E-state index is 11.6.